The van der Waals surface area contributed by atoms with Gasteiger partial charge in [0.2, 0.25) is 5.91 Å². The van der Waals surface area contributed by atoms with Gasteiger partial charge in [-0.15, -0.1) is 0 Å². The Labute approximate surface area is 149 Å². The van der Waals surface area contributed by atoms with Crippen LogP contribution in [0.1, 0.15) is 11.7 Å². The third kappa shape index (κ3) is 4.20. The van der Waals surface area contributed by atoms with E-state index in [0.29, 0.717) is 29.7 Å². The number of hydrogen-bond acceptors (Lipinski definition) is 4. The highest BCUT2D eigenvalue weighted by Gasteiger charge is 2.25. The van der Waals surface area contributed by atoms with Crippen LogP contribution in [0.25, 0.3) is 0 Å². The molecule has 2 heterocycles. The Bertz CT molecular complexity index is 711. The maximum Gasteiger partial charge on any atom is 0.251 e. The topological polar surface area (TPSA) is 56.5 Å². The Morgan fingerprint density at radius 2 is 2.12 bits per heavy atom. The summed E-state index contributed by atoms with van der Waals surface area (Å²) in [6, 6.07) is 12.6. The average molecular weight is 365 g/mol. The van der Waals surface area contributed by atoms with Crippen LogP contribution in [0.4, 0.5) is 0 Å². The molecule has 0 saturated carbocycles. The number of benzene rings is 1. The Morgan fingerprint density at radius 3 is 2.88 bits per heavy atom. The Hall–Kier alpha value is -1.76. The Morgan fingerprint density at radius 1 is 1.33 bits per heavy atom. The molecule has 5 nitrogen and oxygen atoms in total. The summed E-state index contributed by atoms with van der Waals surface area (Å²) in [5.41, 5.74) is 1.00. The molecule has 2 aromatic rings. The maximum absolute atomic E-state index is 12.4. The van der Waals surface area contributed by atoms with E-state index in [1.165, 1.54) is 18.0 Å². The summed E-state index contributed by atoms with van der Waals surface area (Å²) in [5, 5.41) is 12.8. The molecule has 1 atom stereocenters. The minimum absolute atomic E-state index is 0.00566. The van der Waals surface area contributed by atoms with E-state index in [9.17, 15) is 10.0 Å². The maximum atomic E-state index is 12.4. The summed E-state index contributed by atoms with van der Waals surface area (Å²) < 4.78 is 6.54. The van der Waals surface area contributed by atoms with Gasteiger partial charge in [-0.25, -0.2) is 0 Å². The molecule has 24 heavy (non-hydrogen) atoms. The highest BCUT2D eigenvalue weighted by atomic mass is 35.5. The van der Waals surface area contributed by atoms with Crippen LogP contribution in [-0.4, -0.2) is 36.3 Å². The summed E-state index contributed by atoms with van der Waals surface area (Å²) in [6.45, 7) is 1.57. The van der Waals surface area contributed by atoms with Crippen LogP contribution in [0.15, 0.2) is 53.7 Å². The lowest BCUT2D eigenvalue weighted by molar-refractivity contribution is -0.645. The Kier molecular flexibility index (Phi) is 5.60. The minimum atomic E-state index is -0.147. The molecule has 0 bridgehead atoms. The number of rotatable bonds is 4. The number of thioether (sulfide) groups is 1. The molecule has 1 aromatic carbocycles. The van der Waals surface area contributed by atoms with Gasteiger partial charge in [0.25, 0.3) is 5.03 Å². The number of amides is 1. The molecule has 0 spiro atoms. The largest absolute Gasteiger partial charge is 0.618 e. The predicted octanol–water partition coefficient (Wildman–Crippen LogP) is 2.67. The van der Waals surface area contributed by atoms with Gasteiger partial charge in [-0.1, -0.05) is 23.7 Å². The second-order valence-electron chi connectivity index (χ2n) is 5.40. The van der Waals surface area contributed by atoms with Gasteiger partial charge in [0.15, 0.2) is 6.20 Å². The number of aromatic nitrogens is 1. The smallest absolute Gasteiger partial charge is 0.251 e. The molecule has 0 N–H and O–H groups in total. The molecule has 1 fully saturated rings. The van der Waals surface area contributed by atoms with E-state index in [0.717, 1.165) is 10.3 Å². The van der Waals surface area contributed by atoms with Crippen LogP contribution in [0, 0.1) is 5.21 Å². The molecule has 1 aromatic heterocycles. The number of ether oxygens (including phenoxy) is 1. The van der Waals surface area contributed by atoms with Crippen LogP contribution in [0.2, 0.25) is 5.02 Å². The van der Waals surface area contributed by atoms with Gasteiger partial charge in [-0.2, -0.15) is 4.73 Å². The highest BCUT2D eigenvalue weighted by molar-refractivity contribution is 7.99. The predicted molar refractivity (Wildman–Crippen MR) is 92.9 cm³/mol. The highest BCUT2D eigenvalue weighted by Crippen LogP contribution is 2.24. The number of hydrogen-bond donors (Lipinski definition) is 0. The van der Waals surface area contributed by atoms with Gasteiger partial charge in [-0.3, -0.25) is 4.79 Å². The van der Waals surface area contributed by atoms with Crippen molar-refractivity contribution >= 4 is 29.3 Å². The number of carbonyl (C=O) groups is 1. The third-order valence-corrected chi connectivity index (χ3v) is 5.05. The van der Waals surface area contributed by atoms with E-state index < -0.39 is 0 Å². The SMILES string of the molecule is O=C(CSc1cccc[n+]1[O-])N1CCO[C@@H](c2ccc(Cl)cc2)C1. The summed E-state index contributed by atoms with van der Waals surface area (Å²) in [4.78, 5) is 14.2. The van der Waals surface area contributed by atoms with Gasteiger partial charge in [0.1, 0.15) is 6.10 Å². The van der Waals surface area contributed by atoms with Crippen LogP contribution in [-0.2, 0) is 9.53 Å². The summed E-state index contributed by atoms with van der Waals surface area (Å²) in [6.07, 6.45) is 1.28. The van der Waals surface area contributed by atoms with Gasteiger partial charge >= 0.3 is 0 Å². The van der Waals surface area contributed by atoms with Crippen LogP contribution in [0.3, 0.4) is 0 Å². The van der Waals surface area contributed by atoms with Gasteiger partial charge in [0.05, 0.1) is 18.9 Å². The number of carbonyl (C=O) groups excluding carboxylic acids is 1. The molecule has 126 valence electrons. The van der Waals surface area contributed by atoms with Gasteiger partial charge < -0.3 is 14.8 Å². The van der Waals surface area contributed by atoms with E-state index in [4.69, 9.17) is 16.3 Å². The molecule has 1 saturated heterocycles. The van der Waals surface area contributed by atoms with E-state index in [1.807, 2.05) is 24.3 Å². The van der Waals surface area contributed by atoms with Crippen molar-refractivity contribution in [2.75, 3.05) is 25.4 Å². The average Bonchev–Trinajstić information content (AvgIpc) is 2.61. The zero-order valence-corrected chi connectivity index (χ0v) is 14.5. The number of morpholine rings is 1. The van der Waals surface area contributed by atoms with Crippen LogP contribution < -0.4 is 4.73 Å². The lowest BCUT2D eigenvalue weighted by Crippen LogP contribution is -2.43. The normalized spacial score (nSPS) is 17.7. The number of pyridine rings is 1. The fourth-order valence-electron chi connectivity index (χ4n) is 2.51. The first-order chi connectivity index (χ1) is 11.6. The van der Waals surface area contributed by atoms with E-state index in [1.54, 1.807) is 23.1 Å². The van der Waals surface area contributed by atoms with E-state index in [2.05, 4.69) is 0 Å². The van der Waals surface area contributed by atoms with E-state index >= 15 is 0 Å². The molecule has 3 rings (SSSR count). The Balaban J connectivity index is 1.59. The van der Waals surface area contributed by atoms with Crippen molar-refractivity contribution in [2.24, 2.45) is 0 Å². The zero-order chi connectivity index (χ0) is 16.9. The quantitative estimate of drug-likeness (QED) is 0.475. The molecular weight excluding hydrogens is 348 g/mol. The fourth-order valence-corrected chi connectivity index (χ4v) is 3.45. The van der Waals surface area contributed by atoms with Crippen LogP contribution >= 0.6 is 23.4 Å². The standard InChI is InChI=1S/C17H17ClN2O3S/c18-14-6-4-13(5-7-14)15-11-19(9-10-23-15)16(21)12-24-17-3-1-2-8-20(17)22/h1-8,15H,9-12H2/t15-/m1/s1. The lowest BCUT2D eigenvalue weighted by atomic mass is 10.1. The number of halogens is 1. The van der Waals surface area contributed by atoms with Crippen molar-refractivity contribution in [1.29, 1.82) is 0 Å². The summed E-state index contributed by atoms with van der Waals surface area (Å²) in [5.74, 6) is 0.241. The van der Waals surface area contributed by atoms with Crippen molar-refractivity contribution in [3.63, 3.8) is 0 Å². The fraction of sp³-hybridized carbons (Fsp3) is 0.294. The first-order valence-electron chi connectivity index (χ1n) is 7.59. The summed E-state index contributed by atoms with van der Waals surface area (Å²) in [7, 11) is 0. The van der Waals surface area contributed by atoms with E-state index in [-0.39, 0.29) is 17.8 Å². The monoisotopic (exact) mass is 364 g/mol. The number of nitrogens with zero attached hydrogens (tertiary/aromatic N) is 2. The van der Waals surface area contributed by atoms with Gasteiger partial charge in [0, 0.05) is 23.7 Å². The first kappa shape index (κ1) is 17.1. The molecule has 0 radical (unpaired) electrons. The lowest BCUT2D eigenvalue weighted by Gasteiger charge is -2.33. The molecule has 0 unspecified atom stereocenters. The van der Waals surface area contributed by atoms with Crippen molar-refractivity contribution < 1.29 is 14.3 Å². The zero-order valence-electron chi connectivity index (χ0n) is 12.9. The summed E-state index contributed by atoms with van der Waals surface area (Å²) >= 11 is 7.16. The second-order valence-corrected chi connectivity index (χ2v) is 6.84. The molecule has 0 aliphatic carbocycles. The van der Waals surface area contributed by atoms with Crippen molar-refractivity contribution in [3.8, 4) is 0 Å². The molecule has 7 heteroatoms. The first-order valence-corrected chi connectivity index (χ1v) is 8.95. The molecule has 1 aliphatic rings. The van der Waals surface area contributed by atoms with Crippen LogP contribution in [0.5, 0.6) is 0 Å². The second kappa shape index (κ2) is 7.88. The molecule has 1 aliphatic heterocycles. The minimum Gasteiger partial charge on any atom is -0.618 e. The van der Waals surface area contributed by atoms with Crippen molar-refractivity contribution in [2.45, 2.75) is 11.1 Å². The molecule has 1 amide bonds. The van der Waals surface area contributed by atoms with Crippen molar-refractivity contribution in [1.82, 2.24) is 4.90 Å². The van der Waals surface area contributed by atoms with Crippen molar-refractivity contribution in [3.05, 3.63) is 64.5 Å². The van der Waals surface area contributed by atoms with Gasteiger partial charge in [-0.05, 0) is 35.5 Å². The molecular formula is C17H17ClN2O3S. The third-order valence-electron chi connectivity index (χ3n) is 3.79.